The van der Waals surface area contributed by atoms with E-state index in [1.54, 1.807) is 6.07 Å². The molecule has 2 aromatic heterocycles. The van der Waals surface area contributed by atoms with Gasteiger partial charge >= 0.3 is 0 Å². The van der Waals surface area contributed by atoms with Crippen LogP contribution in [0.4, 0.5) is 5.69 Å². The molecule has 5 rings (SSSR count). The Bertz CT molecular complexity index is 1260. The Morgan fingerprint density at radius 2 is 2.03 bits per heavy atom. The molecule has 154 valence electrons. The maximum absolute atomic E-state index is 12.4. The molecule has 0 amide bonds. The number of rotatable bonds is 6. The van der Waals surface area contributed by atoms with E-state index in [9.17, 15) is 8.42 Å². The van der Waals surface area contributed by atoms with Crippen molar-refractivity contribution in [1.29, 1.82) is 0 Å². The third kappa shape index (κ3) is 3.71. The Morgan fingerprint density at radius 1 is 1.13 bits per heavy atom. The van der Waals surface area contributed by atoms with Crippen molar-refractivity contribution in [3.05, 3.63) is 78.1 Å². The van der Waals surface area contributed by atoms with Gasteiger partial charge in [-0.05, 0) is 54.3 Å². The smallest absolute Gasteiger partial charge is 0.278 e. The van der Waals surface area contributed by atoms with Gasteiger partial charge in [-0.15, -0.1) is 0 Å². The van der Waals surface area contributed by atoms with Crippen molar-refractivity contribution in [3.63, 3.8) is 0 Å². The summed E-state index contributed by atoms with van der Waals surface area (Å²) in [6.07, 6.45) is 4.58. The van der Waals surface area contributed by atoms with Crippen LogP contribution in [0.15, 0.2) is 72.0 Å². The molecule has 0 radical (unpaired) electrons. The molecule has 7 nitrogen and oxygen atoms in total. The third-order valence-electron chi connectivity index (χ3n) is 5.72. The van der Waals surface area contributed by atoms with Crippen LogP contribution in [0.5, 0.6) is 0 Å². The number of aromatic amines is 2. The summed E-state index contributed by atoms with van der Waals surface area (Å²) in [6.45, 7) is 2.89. The molecule has 0 aliphatic carbocycles. The predicted octanol–water partition coefficient (Wildman–Crippen LogP) is 3.68. The van der Waals surface area contributed by atoms with Crippen molar-refractivity contribution in [1.82, 2.24) is 20.1 Å². The molecule has 0 bridgehead atoms. The molecule has 8 heteroatoms. The van der Waals surface area contributed by atoms with Crippen molar-refractivity contribution in [2.45, 2.75) is 23.9 Å². The number of para-hydroxylation sites is 1. The zero-order valence-corrected chi connectivity index (χ0v) is 17.2. The SMILES string of the molecule is O=S(=O)(Nc1cccc(C2CCN(Cc3c[nH]c4ccccc34)C2)c1)c1ccn[nH]1. The van der Waals surface area contributed by atoms with E-state index in [0.717, 1.165) is 31.6 Å². The van der Waals surface area contributed by atoms with E-state index in [-0.39, 0.29) is 5.03 Å². The lowest BCUT2D eigenvalue weighted by molar-refractivity contribution is 0.328. The Kier molecular flexibility index (Phi) is 4.80. The Morgan fingerprint density at radius 3 is 2.90 bits per heavy atom. The number of fused-ring (bicyclic) bond motifs is 1. The van der Waals surface area contributed by atoms with Gasteiger partial charge in [-0.2, -0.15) is 13.5 Å². The van der Waals surface area contributed by atoms with Gasteiger partial charge in [0.15, 0.2) is 5.03 Å². The molecule has 1 aliphatic heterocycles. The lowest BCUT2D eigenvalue weighted by Gasteiger charge is -2.16. The minimum atomic E-state index is -3.66. The molecule has 0 spiro atoms. The number of aromatic nitrogens is 3. The number of nitrogens with one attached hydrogen (secondary N) is 3. The minimum Gasteiger partial charge on any atom is -0.361 e. The van der Waals surface area contributed by atoms with Crippen LogP contribution in [0.2, 0.25) is 0 Å². The van der Waals surface area contributed by atoms with Crippen LogP contribution in [0, 0.1) is 0 Å². The topological polar surface area (TPSA) is 93.9 Å². The van der Waals surface area contributed by atoms with Gasteiger partial charge < -0.3 is 4.98 Å². The van der Waals surface area contributed by atoms with Crippen molar-refractivity contribution in [2.24, 2.45) is 0 Å². The van der Waals surface area contributed by atoms with E-state index in [2.05, 4.69) is 55.3 Å². The predicted molar refractivity (Wildman–Crippen MR) is 117 cm³/mol. The number of benzene rings is 2. The first-order chi connectivity index (χ1) is 14.6. The standard InChI is InChI=1S/C22H23N5O2S/c28-30(29,22-8-10-24-25-22)26-19-5-3-4-16(12-19)17-9-11-27(14-17)15-18-13-23-21-7-2-1-6-20(18)21/h1-8,10,12-13,17,23,26H,9,11,14-15H2,(H,24,25). The maximum atomic E-state index is 12.4. The van der Waals surface area contributed by atoms with E-state index in [1.807, 2.05) is 18.2 Å². The minimum absolute atomic E-state index is 0.0543. The van der Waals surface area contributed by atoms with Gasteiger partial charge in [-0.25, -0.2) is 0 Å². The summed E-state index contributed by atoms with van der Waals surface area (Å²) in [5.41, 5.74) is 4.20. The highest BCUT2D eigenvalue weighted by atomic mass is 32.2. The second kappa shape index (κ2) is 7.62. The van der Waals surface area contributed by atoms with E-state index in [0.29, 0.717) is 11.6 Å². The molecule has 4 aromatic rings. The average Bonchev–Trinajstić information content (AvgIpc) is 3.50. The fourth-order valence-electron chi connectivity index (χ4n) is 4.21. The quantitative estimate of drug-likeness (QED) is 0.443. The summed E-state index contributed by atoms with van der Waals surface area (Å²) in [5.74, 6) is 0.381. The van der Waals surface area contributed by atoms with Crippen LogP contribution < -0.4 is 4.72 Å². The van der Waals surface area contributed by atoms with Crippen LogP contribution in [-0.2, 0) is 16.6 Å². The van der Waals surface area contributed by atoms with E-state index in [4.69, 9.17) is 0 Å². The third-order valence-corrected chi connectivity index (χ3v) is 7.03. The molecule has 1 aliphatic rings. The number of likely N-dealkylation sites (tertiary alicyclic amines) is 1. The molecule has 1 atom stereocenters. The molecular weight excluding hydrogens is 398 g/mol. The van der Waals surface area contributed by atoms with Crippen LogP contribution in [0.3, 0.4) is 0 Å². The number of H-pyrrole nitrogens is 2. The fourth-order valence-corrected chi connectivity index (χ4v) is 5.17. The summed E-state index contributed by atoms with van der Waals surface area (Å²) < 4.78 is 27.5. The molecule has 3 heterocycles. The van der Waals surface area contributed by atoms with Crippen molar-refractivity contribution >= 4 is 26.6 Å². The fraction of sp³-hybridized carbons (Fsp3) is 0.227. The normalized spacial score (nSPS) is 17.5. The van der Waals surface area contributed by atoms with Gasteiger partial charge in [0.05, 0.1) is 6.20 Å². The summed E-state index contributed by atoms with van der Waals surface area (Å²) in [5, 5.41) is 7.54. The molecule has 1 saturated heterocycles. The Hall–Kier alpha value is -3.10. The molecule has 30 heavy (non-hydrogen) atoms. The van der Waals surface area contributed by atoms with Gasteiger partial charge in [0, 0.05) is 35.9 Å². The zero-order valence-electron chi connectivity index (χ0n) is 16.4. The molecule has 3 N–H and O–H groups in total. The van der Waals surface area contributed by atoms with Crippen molar-refractivity contribution in [3.8, 4) is 0 Å². The summed E-state index contributed by atoms with van der Waals surface area (Å²) in [6, 6.07) is 17.5. The van der Waals surface area contributed by atoms with E-state index in [1.165, 1.54) is 28.7 Å². The highest BCUT2D eigenvalue weighted by Gasteiger charge is 2.25. The molecule has 2 aromatic carbocycles. The van der Waals surface area contributed by atoms with Gasteiger partial charge in [0.25, 0.3) is 10.0 Å². The first-order valence-electron chi connectivity index (χ1n) is 9.98. The highest BCUT2D eigenvalue weighted by molar-refractivity contribution is 7.92. The first-order valence-corrected chi connectivity index (χ1v) is 11.5. The number of sulfonamides is 1. The van der Waals surface area contributed by atoms with E-state index >= 15 is 0 Å². The average molecular weight is 422 g/mol. The number of anilines is 1. The molecule has 1 unspecified atom stereocenters. The highest BCUT2D eigenvalue weighted by Crippen LogP contribution is 2.31. The van der Waals surface area contributed by atoms with Crippen LogP contribution in [-0.4, -0.2) is 41.6 Å². The first kappa shape index (κ1) is 18.9. The number of nitrogens with zero attached hydrogens (tertiary/aromatic N) is 2. The van der Waals surface area contributed by atoms with Crippen molar-refractivity contribution in [2.75, 3.05) is 17.8 Å². The molecular formula is C22H23N5O2S. The zero-order chi connectivity index (χ0) is 20.6. The lowest BCUT2D eigenvalue weighted by atomic mass is 9.98. The Balaban J connectivity index is 1.28. The van der Waals surface area contributed by atoms with Gasteiger partial charge in [-0.1, -0.05) is 30.3 Å². The van der Waals surface area contributed by atoms with Gasteiger partial charge in [0.1, 0.15) is 0 Å². The summed E-state index contributed by atoms with van der Waals surface area (Å²) in [4.78, 5) is 5.81. The second-order valence-corrected chi connectivity index (χ2v) is 9.38. The van der Waals surface area contributed by atoms with Crippen LogP contribution in [0.25, 0.3) is 10.9 Å². The second-order valence-electron chi connectivity index (χ2n) is 7.73. The van der Waals surface area contributed by atoms with Gasteiger partial charge in [-0.3, -0.25) is 14.7 Å². The van der Waals surface area contributed by atoms with Gasteiger partial charge in [0.2, 0.25) is 0 Å². The summed E-state index contributed by atoms with van der Waals surface area (Å²) in [7, 11) is -3.66. The lowest BCUT2D eigenvalue weighted by Crippen LogP contribution is -2.19. The number of hydrogen-bond donors (Lipinski definition) is 3. The molecule has 1 fully saturated rings. The van der Waals surface area contributed by atoms with Crippen LogP contribution in [0.1, 0.15) is 23.5 Å². The maximum Gasteiger partial charge on any atom is 0.278 e. The van der Waals surface area contributed by atoms with E-state index < -0.39 is 10.0 Å². The summed E-state index contributed by atoms with van der Waals surface area (Å²) >= 11 is 0. The monoisotopic (exact) mass is 421 g/mol. The molecule has 0 saturated carbocycles. The van der Waals surface area contributed by atoms with Crippen LogP contribution >= 0.6 is 0 Å². The van der Waals surface area contributed by atoms with Crippen molar-refractivity contribution < 1.29 is 8.42 Å². The largest absolute Gasteiger partial charge is 0.361 e. The number of hydrogen-bond acceptors (Lipinski definition) is 4. The Labute approximate surface area is 175 Å².